The van der Waals surface area contributed by atoms with Gasteiger partial charge in [0.2, 0.25) is 6.79 Å². The molecule has 7 heteroatoms. The van der Waals surface area contributed by atoms with Crippen LogP contribution in [0.4, 0.5) is 13.2 Å². The molecule has 3 aromatic rings. The lowest BCUT2D eigenvalue weighted by Gasteiger charge is -2.23. The van der Waals surface area contributed by atoms with E-state index in [0.717, 1.165) is 59.0 Å². The van der Waals surface area contributed by atoms with Crippen molar-refractivity contribution in [2.45, 2.75) is 32.6 Å². The Labute approximate surface area is 191 Å². The lowest BCUT2D eigenvalue weighted by molar-refractivity contribution is -0.137. The Morgan fingerprint density at radius 1 is 0.818 bits per heavy atom. The van der Waals surface area contributed by atoms with Gasteiger partial charge in [-0.1, -0.05) is 30.3 Å². The molecule has 33 heavy (non-hydrogen) atoms. The summed E-state index contributed by atoms with van der Waals surface area (Å²) >= 11 is 0. The fourth-order valence-corrected chi connectivity index (χ4v) is 3.77. The summed E-state index contributed by atoms with van der Waals surface area (Å²) in [6.45, 7) is 4.71. The Bertz CT molecular complexity index is 1050. The van der Waals surface area contributed by atoms with Gasteiger partial charge in [0.25, 0.3) is 0 Å². The molecule has 1 heterocycles. The minimum Gasteiger partial charge on any atom is -0.494 e. The highest BCUT2D eigenvalue weighted by Crippen LogP contribution is 2.33. The minimum atomic E-state index is -4.33. The van der Waals surface area contributed by atoms with Gasteiger partial charge in [-0.05, 0) is 66.4 Å². The van der Waals surface area contributed by atoms with Crippen LogP contribution in [0, 0.1) is 0 Å². The molecule has 4 rings (SSSR count). The molecule has 0 radical (unpaired) electrons. The van der Waals surface area contributed by atoms with Gasteiger partial charge in [0.15, 0.2) is 11.5 Å². The van der Waals surface area contributed by atoms with E-state index in [1.54, 1.807) is 12.1 Å². The molecule has 0 saturated heterocycles. The first-order valence-electron chi connectivity index (χ1n) is 10.9. The highest BCUT2D eigenvalue weighted by Gasteiger charge is 2.30. The molecule has 0 bridgehead atoms. The van der Waals surface area contributed by atoms with E-state index in [-0.39, 0.29) is 6.79 Å². The maximum atomic E-state index is 12.9. The predicted octanol–water partition coefficient (Wildman–Crippen LogP) is 6.08. The Morgan fingerprint density at radius 2 is 1.42 bits per heavy atom. The summed E-state index contributed by atoms with van der Waals surface area (Å²) in [5.74, 6) is 2.30. The summed E-state index contributed by atoms with van der Waals surface area (Å²) in [6, 6.07) is 19.2. The zero-order valence-corrected chi connectivity index (χ0v) is 18.4. The summed E-state index contributed by atoms with van der Waals surface area (Å²) in [4.78, 5) is 2.23. The number of ether oxygens (including phenoxy) is 3. The van der Waals surface area contributed by atoms with E-state index < -0.39 is 11.7 Å². The van der Waals surface area contributed by atoms with Crippen LogP contribution in [0.2, 0.25) is 0 Å². The summed E-state index contributed by atoms with van der Waals surface area (Å²) in [5, 5.41) is 0. The quantitative estimate of drug-likeness (QED) is 0.390. The van der Waals surface area contributed by atoms with Gasteiger partial charge in [-0.15, -0.1) is 0 Å². The molecule has 0 N–H and O–H groups in total. The molecule has 0 aromatic heterocycles. The van der Waals surface area contributed by atoms with E-state index in [1.165, 1.54) is 0 Å². The second-order valence-corrected chi connectivity index (χ2v) is 7.92. The summed E-state index contributed by atoms with van der Waals surface area (Å²) < 4.78 is 55.1. The third-order valence-electron chi connectivity index (χ3n) is 5.48. The number of fused-ring (bicyclic) bond motifs is 1. The number of halogens is 3. The third kappa shape index (κ3) is 6.20. The van der Waals surface area contributed by atoms with Gasteiger partial charge in [0.05, 0.1) is 12.2 Å². The normalized spacial score (nSPS) is 12.9. The second-order valence-electron chi connectivity index (χ2n) is 7.92. The average molecular weight is 457 g/mol. The van der Waals surface area contributed by atoms with Crippen molar-refractivity contribution in [1.29, 1.82) is 0 Å². The molecule has 0 atom stereocenters. The van der Waals surface area contributed by atoms with Crippen molar-refractivity contribution in [3.63, 3.8) is 0 Å². The maximum absolute atomic E-state index is 12.9. The van der Waals surface area contributed by atoms with Crippen molar-refractivity contribution >= 4 is 0 Å². The number of rotatable bonds is 9. The molecule has 0 aliphatic carbocycles. The topological polar surface area (TPSA) is 30.9 Å². The van der Waals surface area contributed by atoms with Crippen LogP contribution in [-0.2, 0) is 25.7 Å². The van der Waals surface area contributed by atoms with Crippen molar-refractivity contribution < 1.29 is 27.4 Å². The first-order chi connectivity index (χ1) is 15.9. The molecular weight excluding hydrogens is 431 g/mol. The van der Waals surface area contributed by atoms with Crippen LogP contribution in [0.3, 0.4) is 0 Å². The van der Waals surface area contributed by atoms with Gasteiger partial charge in [-0.2, -0.15) is 13.2 Å². The Hall–Kier alpha value is -3.19. The van der Waals surface area contributed by atoms with Crippen LogP contribution < -0.4 is 14.2 Å². The van der Waals surface area contributed by atoms with Crippen LogP contribution in [0.15, 0.2) is 66.7 Å². The van der Waals surface area contributed by atoms with E-state index in [1.807, 2.05) is 49.4 Å². The maximum Gasteiger partial charge on any atom is 0.416 e. The van der Waals surface area contributed by atoms with Crippen LogP contribution in [0.5, 0.6) is 17.2 Å². The van der Waals surface area contributed by atoms with Crippen molar-refractivity contribution in [1.82, 2.24) is 4.90 Å². The van der Waals surface area contributed by atoms with Crippen molar-refractivity contribution in [2.75, 3.05) is 19.9 Å². The van der Waals surface area contributed by atoms with Crippen LogP contribution in [0.1, 0.15) is 29.2 Å². The summed E-state index contributed by atoms with van der Waals surface area (Å²) in [7, 11) is 0. The van der Waals surface area contributed by atoms with E-state index in [0.29, 0.717) is 19.7 Å². The molecule has 1 aliphatic heterocycles. The van der Waals surface area contributed by atoms with E-state index >= 15 is 0 Å². The molecular formula is C26H26F3NO3. The Balaban J connectivity index is 1.47. The molecule has 1 aliphatic rings. The first kappa shape index (κ1) is 23.0. The highest BCUT2D eigenvalue weighted by atomic mass is 19.4. The molecule has 0 fully saturated rings. The fraction of sp³-hybridized carbons (Fsp3) is 0.308. The number of hydrogen-bond donors (Lipinski definition) is 0. The molecule has 0 saturated carbocycles. The summed E-state index contributed by atoms with van der Waals surface area (Å²) in [5.41, 5.74) is 2.42. The molecule has 174 valence electrons. The zero-order chi connectivity index (χ0) is 23.3. The number of benzene rings is 3. The third-order valence-corrected chi connectivity index (χ3v) is 5.48. The molecule has 0 unspecified atom stereocenters. The lowest BCUT2D eigenvalue weighted by Crippen LogP contribution is -2.25. The Morgan fingerprint density at radius 3 is 2.06 bits per heavy atom. The largest absolute Gasteiger partial charge is 0.494 e. The standard InChI is InChI=1S/C26H26F3NO3/c1-2-31-23-10-5-21(6-11-23)17-30(16-20-3-8-22(9-4-20)26(27,28)29)14-13-19-7-12-24-25(15-19)33-18-32-24/h3-12,15H,2,13-14,16-18H2,1H3. The van der Waals surface area contributed by atoms with Gasteiger partial charge < -0.3 is 14.2 Å². The van der Waals surface area contributed by atoms with Crippen molar-refractivity contribution in [3.8, 4) is 17.2 Å². The average Bonchev–Trinajstić information content (AvgIpc) is 3.27. The Kier molecular flexibility index (Phi) is 7.08. The predicted molar refractivity (Wildman–Crippen MR) is 119 cm³/mol. The monoisotopic (exact) mass is 457 g/mol. The summed E-state index contributed by atoms with van der Waals surface area (Å²) in [6.07, 6.45) is -3.56. The molecule has 3 aromatic carbocycles. The van der Waals surface area contributed by atoms with Crippen LogP contribution >= 0.6 is 0 Å². The van der Waals surface area contributed by atoms with Gasteiger partial charge in [0.1, 0.15) is 5.75 Å². The SMILES string of the molecule is CCOc1ccc(CN(CCc2ccc3c(c2)OCO3)Cc2ccc(C(F)(F)F)cc2)cc1. The minimum absolute atomic E-state index is 0.233. The number of alkyl halides is 3. The van der Waals surface area contributed by atoms with Crippen molar-refractivity contribution in [2.24, 2.45) is 0 Å². The zero-order valence-electron chi connectivity index (χ0n) is 18.4. The van der Waals surface area contributed by atoms with Gasteiger partial charge in [-0.3, -0.25) is 4.90 Å². The van der Waals surface area contributed by atoms with Gasteiger partial charge in [0, 0.05) is 19.6 Å². The lowest BCUT2D eigenvalue weighted by atomic mass is 10.1. The van der Waals surface area contributed by atoms with E-state index in [4.69, 9.17) is 14.2 Å². The second kappa shape index (κ2) is 10.2. The van der Waals surface area contributed by atoms with E-state index in [9.17, 15) is 13.2 Å². The van der Waals surface area contributed by atoms with Crippen LogP contribution in [0.25, 0.3) is 0 Å². The van der Waals surface area contributed by atoms with Gasteiger partial charge in [-0.25, -0.2) is 0 Å². The van der Waals surface area contributed by atoms with E-state index in [2.05, 4.69) is 4.90 Å². The first-order valence-corrected chi connectivity index (χ1v) is 10.9. The number of nitrogens with zero attached hydrogens (tertiary/aromatic N) is 1. The van der Waals surface area contributed by atoms with Crippen molar-refractivity contribution in [3.05, 3.63) is 89.0 Å². The van der Waals surface area contributed by atoms with Gasteiger partial charge >= 0.3 is 6.18 Å². The smallest absolute Gasteiger partial charge is 0.416 e. The molecule has 0 spiro atoms. The fourth-order valence-electron chi connectivity index (χ4n) is 3.77. The highest BCUT2D eigenvalue weighted by molar-refractivity contribution is 5.44. The van der Waals surface area contributed by atoms with Crippen LogP contribution in [-0.4, -0.2) is 24.8 Å². The number of hydrogen-bond acceptors (Lipinski definition) is 4. The molecule has 4 nitrogen and oxygen atoms in total. The molecule has 0 amide bonds.